The van der Waals surface area contributed by atoms with Gasteiger partial charge in [0.2, 0.25) is 11.9 Å². The van der Waals surface area contributed by atoms with Gasteiger partial charge >= 0.3 is 12.1 Å². The number of nitrogens with zero attached hydrogens (tertiary/aromatic N) is 3. The fourth-order valence-electron chi connectivity index (χ4n) is 5.95. The van der Waals surface area contributed by atoms with Crippen molar-refractivity contribution in [2.24, 2.45) is 0 Å². The molecule has 1 atom stereocenters. The topological polar surface area (TPSA) is 345 Å². The molecule has 422 valence electrons. The van der Waals surface area contributed by atoms with Gasteiger partial charge in [-0.2, -0.15) is 4.98 Å². The molecule has 2 aromatic heterocycles. The number of ether oxygens (including phenoxy) is 12. The average molecular weight is 1070 g/mol. The van der Waals surface area contributed by atoms with Gasteiger partial charge in [0.1, 0.15) is 11.6 Å². The fourth-order valence-corrected chi connectivity index (χ4v) is 5.95. The number of carbonyl (C=O) groups excluding carboxylic acids is 3. The molecule has 2 heterocycles. The minimum atomic E-state index is -1.29. The minimum Gasteiger partial charge on any atom is -0.480 e. The lowest BCUT2D eigenvalue weighted by atomic mass is 10.1. The number of alkyl carbamates (subject to hydrolysis) is 1. The van der Waals surface area contributed by atoms with Crippen molar-refractivity contribution in [1.29, 1.82) is 0 Å². The lowest BCUT2D eigenvalue weighted by molar-refractivity contribution is -0.139. The van der Waals surface area contributed by atoms with Gasteiger partial charge in [0.05, 0.1) is 164 Å². The highest BCUT2D eigenvalue weighted by Crippen LogP contribution is 2.13. The standard InChI is InChI=1S/C48H77N9O18/c1-48(2,3)75-47(63)51-11-13-65-15-17-67-19-21-69-23-25-71-27-29-73-31-33-74-32-30-72-28-26-70-24-22-68-20-18-66-16-14-64-12-10-50-40(58)9-8-39(45(61)62)55-43(59)36-4-6-37(7-5-36)52-34-38-35-53-42-41(54-38)44(60)57-46(49)56-42/h4-7,35,39,52H,8-34H2,1-3H3,(H,50,58)(H,51,63)(H,55,59)(H,61,62)(H3,49,53,56,57,60)/t39-/m0/s1. The molecule has 1 aromatic carbocycles. The molecule has 0 radical (unpaired) electrons. The van der Waals surface area contributed by atoms with Crippen LogP contribution in [0.4, 0.5) is 16.4 Å². The number of benzene rings is 1. The minimum absolute atomic E-state index is 0.0496. The van der Waals surface area contributed by atoms with Gasteiger partial charge in [-0.3, -0.25) is 19.4 Å². The molecule has 3 aromatic rings. The molecule has 8 N–H and O–H groups in total. The summed E-state index contributed by atoms with van der Waals surface area (Å²) >= 11 is 0. The third-order valence-electron chi connectivity index (χ3n) is 9.57. The number of hydrogen-bond acceptors (Lipinski definition) is 22. The summed E-state index contributed by atoms with van der Waals surface area (Å²) in [6, 6.07) is 5.01. The molecule has 27 heteroatoms. The van der Waals surface area contributed by atoms with Crippen LogP contribution in [-0.4, -0.2) is 219 Å². The van der Waals surface area contributed by atoms with E-state index in [1.165, 1.54) is 18.3 Å². The summed E-state index contributed by atoms with van der Waals surface area (Å²) in [4.78, 5) is 75.3. The van der Waals surface area contributed by atoms with Crippen LogP contribution in [0.2, 0.25) is 0 Å². The third-order valence-corrected chi connectivity index (χ3v) is 9.57. The average Bonchev–Trinajstić information content (AvgIpc) is 3.37. The second-order valence-corrected chi connectivity index (χ2v) is 16.8. The number of nitrogens with one attached hydrogen (secondary N) is 5. The van der Waals surface area contributed by atoms with E-state index < -0.39 is 35.2 Å². The first kappa shape index (κ1) is 63.6. The predicted molar refractivity (Wildman–Crippen MR) is 271 cm³/mol. The number of aromatic amines is 1. The van der Waals surface area contributed by atoms with E-state index in [1.807, 2.05) is 0 Å². The van der Waals surface area contributed by atoms with Crippen LogP contribution in [0.25, 0.3) is 11.2 Å². The summed E-state index contributed by atoms with van der Waals surface area (Å²) in [6.45, 7) is 15.3. The van der Waals surface area contributed by atoms with Gasteiger partial charge in [-0.1, -0.05) is 0 Å². The number of aliphatic carboxylic acids is 1. The highest BCUT2D eigenvalue weighted by molar-refractivity contribution is 5.97. The highest BCUT2D eigenvalue weighted by atomic mass is 16.6. The first-order valence-electron chi connectivity index (χ1n) is 24.8. The molecule has 0 aliphatic rings. The first-order chi connectivity index (χ1) is 36.3. The van der Waals surface area contributed by atoms with Crippen molar-refractivity contribution < 1.29 is 81.1 Å². The molecule has 0 fully saturated rings. The second kappa shape index (κ2) is 39.7. The number of hydrogen-bond donors (Lipinski definition) is 7. The second-order valence-electron chi connectivity index (χ2n) is 16.8. The number of rotatable bonds is 45. The molecule has 3 rings (SSSR count). The Morgan fingerprint density at radius 2 is 1.05 bits per heavy atom. The number of amides is 3. The van der Waals surface area contributed by atoms with Crippen LogP contribution in [0.1, 0.15) is 49.7 Å². The van der Waals surface area contributed by atoms with E-state index >= 15 is 0 Å². The Balaban J connectivity index is 0.999. The van der Waals surface area contributed by atoms with E-state index in [2.05, 4.69) is 41.2 Å². The summed E-state index contributed by atoms with van der Waals surface area (Å²) < 4.78 is 65.3. The normalized spacial score (nSPS) is 11.9. The van der Waals surface area contributed by atoms with Crippen LogP contribution in [-0.2, 0) is 73.0 Å². The Labute approximate surface area is 436 Å². The van der Waals surface area contributed by atoms with Gasteiger partial charge in [0.25, 0.3) is 11.5 Å². The molecule has 75 heavy (non-hydrogen) atoms. The Morgan fingerprint density at radius 3 is 1.48 bits per heavy atom. The van der Waals surface area contributed by atoms with Crippen molar-refractivity contribution in [3.05, 3.63) is 52.1 Å². The SMILES string of the molecule is CC(C)(C)OC(=O)NCCOCCOCCOCCOCCOCCOCCOCCOCCOCCOCCOCCNC(=O)CC[C@H](NC(=O)c1ccc(NCc2cnc3nc(N)[nH]c(=O)c3n2)cc1)C(=O)O. The molecule has 3 amide bonds. The number of anilines is 2. The molecular weight excluding hydrogens is 991 g/mol. The molecular formula is C48H77N9O18. The zero-order valence-corrected chi connectivity index (χ0v) is 43.4. The first-order valence-corrected chi connectivity index (χ1v) is 24.8. The van der Waals surface area contributed by atoms with Gasteiger partial charge in [0.15, 0.2) is 11.2 Å². The maximum Gasteiger partial charge on any atom is 0.407 e. The number of fused-ring (bicyclic) bond motifs is 1. The van der Waals surface area contributed by atoms with Gasteiger partial charge in [0, 0.05) is 30.8 Å². The molecule has 0 aliphatic carbocycles. The summed E-state index contributed by atoms with van der Waals surface area (Å²) in [7, 11) is 0. The number of carboxylic acids is 1. The molecule has 0 saturated carbocycles. The fraction of sp³-hybridized carbons (Fsp3) is 0.667. The van der Waals surface area contributed by atoms with Gasteiger partial charge in [-0.25, -0.2) is 19.6 Å². The molecule has 0 spiro atoms. The molecule has 0 saturated heterocycles. The van der Waals surface area contributed by atoms with E-state index in [0.29, 0.717) is 157 Å². The predicted octanol–water partition coefficient (Wildman–Crippen LogP) is 0.694. The van der Waals surface area contributed by atoms with Crippen LogP contribution in [0.3, 0.4) is 0 Å². The lowest BCUT2D eigenvalue weighted by Gasteiger charge is -2.19. The summed E-state index contributed by atoms with van der Waals surface area (Å²) in [5.41, 5.74) is 5.99. The van der Waals surface area contributed by atoms with Crippen molar-refractivity contribution in [2.75, 3.05) is 169 Å². The van der Waals surface area contributed by atoms with E-state index in [0.717, 1.165) is 0 Å². The van der Waals surface area contributed by atoms with Gasteiger partial charge in [-0.15, -0.1) is 0 Å². The Bertz CT molecular complexity index is 2100. The number of nitrogens with two attached hydrogens (primary N) is 1. The number of aromatic nitrogens is 4. The van der Waals surface area contributed by atoms with Crippen molar-refractivity contribution in [3.8, 4) is 0 Å². The molecule has 0 bridgehead atoms. The van der Waals surface area contributed by atoms with E-state index in [9.17, 15) is 29.1 Å². The quantitative estimate of drug-likeness (QED) is 0.0383. The monoisotopic (exact) mass is 1070 g/mol. The van der Waals surface area contributed by atoms with Crippen LogP contribution in [0.15, 0.2) is 35.3 Å². The zero-order valence-electron chi connectivity index (χ0n) is 43.4. The molecule has 27 nitrogen and oxygen atoms in total. The van der Waals surface area contributed by atoms with Crippen molar-refractivity contribution in [1.82, 2.24) is 35.9 Å². The van der Waals surface area contributed by atoms with Gasteiger partial charge in [-0.05, 0) is 51.5 Å². The largest absolute Gasteiger partial charge is 0.480 e. The van der Waals surface area contributed by atoms with Crippen LogP contribution < -0.4 is 32.6 Å². The highest BCUT2D eigenvalue weighted by Gasteiger charge is 2.22. The summed E-state index contributed by atoms with van der Waals surface area (Å²) in [6.07, 6.45) is 0.751. The summed E-state index contributed by atoms with van der Waals surface area (Å²) in [5.74, 6) is -2.33. The maximum absolute atomic E-state index is 12.8. The van der Waals surface area contributed by atoms with Crippen molar-refractivity contribution >= 4 is 46.7 Å². The van der Waals surface area contributed by atoms with Gasteiger partial charge < -0.3 is 88.9 Å². The maximum atomic E-state index is 12.8. The molecule has 0 unspecified atom stereocenters. The van der Waals surface area contributed by atoms with Crippen molar-refractivity contribution in [2.45, 2.75) is 51.8 Å². The third kappa shape index (κ3) is 32.4. The number of H-pyrrole nitrogens is 1. The van der Waals surface area contributed by atoms with Crippen LogP contribution >= 0.6 is 0 Å². The molecule has 0 aliphatic heterocycles. The Morgan fingerprint density at radius 1 is 0.627 bits per heavy atom. The Kier molecular flexibility index (Phi) is 33.6. The van der Waals surface area contributed by atoms with Crippen LogP contribution in [0.5, 0.6) is 0 Å². The smallest absolute Gasteiger partial charge is 0.407 e. The van der Waals surface area contributed by atoms with Crippen LogP contribution in [0, 0.1) is 0 Å². The zero-order chi connectivity index (χ0) is 54.2. The number of nitrogen functional groups attached to an aromatic ring is 1. The van der Waals surface area contributed by atoms with Crippen molar-refractivity contribution in [3.63, 3.8) is 0 Å². The summed E-state index contributed by atoms with van der Waals surface area (Å²) in [5, 5.41) is 20.5. The van der Waals surface area contributed by atoms with E-state index in [-0.39, 0.29) is 61.1 Å². The number of carboxylic acid groups (broad SMARTS) is 1. The lowest BCUT2D eigenvalue weighted by Crippen LogP contribution is -2.41. The van der Waals surface area contributed by atoms with E-state index in [1.54, 1.807) is 32.9 Å². The number of carbonyl (C=O) groups is 4. The van der Waals surface area contributed by atoms with E-state index in [4.69, 9.17) is 62.6 Å². The Hall–Kier alpha value is -5.72.